The van der Waals surface area contributed by atoms with Gasteiger partial charge < -0.3 is 15.5 Å². The van der Waals surface area contributed by atoms with Gasteiger partial charge in [-0.05, 0) is 63.1 Å². The number of nitrogens with two attached hydrogens (primary N) is 1. The molecule has 0 aliphatic heterocycles. The molecule has 8 heteroatoms. The van der Waals surface area contributed by atoms with Crippen LogP contribution in [0.3, 0.4) is 0 Å². The molecule has 158 valence electrons. The average Bonchev–Trinajstić information content (AvgIpc) is 3.04. The fraction of sp³-hybridized carbons (Fsp3) is 0.318. The molecule has 1 heterocycles. The molecule has 0 atom stereocenters. The summed E-state index contributed by atoms with van der Waals surface area (Å²) in [6.45, 7) is 8.22. The Morgan fingerprint density at radius 2 is 1.80 bits per heavy atom. The topological polar surface area (TPSA) is 86.3 Å². The van der Waals surface area contributed by atoms with Crippen molar-refractivity contribution in [3.05, 3.63) is 65.5 Å². The Bertz CT molecular complexity index is 984. The van der Waals surface area contributed by atoms with E-state index in [0.717, 1.165) is 22.6 Å². The lowest BCUT2D eigenvalue weighted by Gasteiger charge is -2.26. The Labute approximate surface area is 181 Å². The van der Waals surface area contributed by atoms with E-state index in [-0.39, 0.29) is 24.3 Å². The molecule has 0 unspecified atom stereocenters. The Balaban J connectivity index is 1.62. The van der Waals surface area contributed by atoms with E-state index in [0.29, 0.717) is 11.0 Å². The van der Waals surface area contributed by atoms with Crippen LogP contribution in [-0.2, 0) is 11.4 Å². The lowest BCUT2D eigenvalue weighted by Crippen LogP contribution is -2.38. The molecule has 1 aromatic heterocycles. The fourth-order valence-electron chi connectivity index (χ4n) is 3.18. The third-order valence-electron chi connectivity index (χ3n) is 4.44. The smallest absolute Gasteiger partial charge is 0.237 e. The predicted octanol–water partition coefficient (Wildman–Crippen LogP) is 3.72. The van der Waals surface area contributed by atoms with Gasteiger partial charge in [0.05, 0.1) is 5.75 Å². The van der Waals surface area contributed by atoms with E-state index in [9.17, 15) is 4.79 Å². The second-order valence-corrected chi connectivity index (χ2v) is 8.31. The molecule has 0 fully saturated rings. The molecule has 7 nitrogen and oxygen atoms in total. The molecule has 2 aromatic carbocycles. The van der Waals surface area contributed by atoms with Crippen molar-refractivity contribution in [1.82, 2.24) is 14.9 Å². The van der Waals surface area contributed by atoms with Crippen LogP contribution >= 0.6 is 11.8 Å². The minimum Gasteiger partial charge on any atom is -0.486 e. The lowest BCUT2D eigenvalue weighted by atomic mass is 10.1. The van der Waals surface area contributed by atoms with Gasteiger partial charge >= 0.3 is 0 Å². The lowest BCUT2D eigenvalue weighted by molar-refractivity contribution is -0.116. The van der Waals surface area contributed by atoms with Crippen molar-refractivity contribution in [2.75, 3.05) is 16.5 Å². The second kappa shape index (κ2) is 9.67. The maximum atomic E-state index is 12.8. The van der Waals surface area contributed by atoms with Crippen LogP contribution in [0.15, 0.2) is 53.7 Å². The van der Waals surface area contributed by atoms with Crippen LogP contribution < -0.4 is 15.5 Å². The zero-order chi connectivity index (χ0) is 21.7. The fourth-order valence-corrected chi connectivity index (χ4v) is 3.92. The summed E-state index contributed by atoms with van der Waals surface area (Å²) < 4.78 is 7.19. The first kappa shape index (κ1) is 21.7. The zero-order valence-electron chi connectivity index (χ0n) is 17.7. The normalized spacial score (nSPS) is 11.0. The number of aryl methyl sites for hydroxylation is 2. The largest absolute Gasteiger partial charge is 0.486 e. The molecule has 1 amide bonds. The average molecular weight is 426 g/mol. The molecule has 0 aliphatic carbocycles. The SMILES string of the molecule is Cc1cc(C)cc(OCc2nnc(SCC(=O)N(c3ccccc3)C(C)C)n2N)c1. The highest BCUT2D eigenvalue weighted by Crippen LogP contribution is 2.22. The minimum absolute atomic E-state index is 0.0164. The van der Waals surface area contributed by atoms with Crippen molar-refractivity contribution in [3.63, 3.8) is 0 Å². The number of ether oxygens (including phenoxy) is 1. The summed E-state index contributed by atoms with van der Waals surface area (Å²) in [5, 5.41) is 8.69. The van der Waals surface area contributed by atoms with E-state index < -0.39 is 0 Å². The number of carbonyl (C=O) groups excluding carboxylic acids is 1. The van der Waals surface area contributed by atoms with Crippen molar-refractivity contribution in [3.8, 4) is 5.75 Å². The van der Waals surface area contributed by atoms with Gasteiger partial charge in [-0.2, -0.15) is 0 Å². The molecule has 30 heavy (non-hydrogen) atoms. The number of hydrogen-bond acceptors (Lipinski definition) is 6. The Morgan fingerprint density at radius 1 is 1.13 bits per heavy atom. The standard InChI is InChI=1S/C22H27N5O2S/c1-15(2)26(18-8-6-5-7-9-18)21(28)14-30-22-25-24-20(27(22)23)13-29-19-11-16(3)10-17(4)12-19/h5-12,15H,13-14,23H2,1-4H3. The van der Waals surface area contributed by atoms with Gasteiger partial charge in [-0.1, -0.05) is 36.0 Å². The number of rotatable bonds is 8. The number of para-hydroxylation sites is 1. The van der Waals surface area contributed by atoms with Crippen LogP contribution in [-0.4, -0.2) is 32.6 Å². The molecule has 2 N–H and O–H groups in total. The van der Waals surface area contributed by atoms with Crippen molar-refractivity contribution in [2.24, 2.45) is 0 Å². The van der Waals surface area contributed by atoms with Gasteiger partial charge in [0.2, 0.25) is 11.1 Å². The maximum absolute atomic E-state index is 12.8. The van der Waals surface area contributed by atoms with Crippen molar-refractivity contribution in [2.45, 2.75) is 45.5 Å². The molecule has 0 bridgehead atoms. The quantitative estimate of drug-likeness (QED) is 0.437. The third kappa shape index (κ3) is 5.33. The van der Waals surface area contributed by atoms with Crippen LogP contribution in [0, 0.1) is 13.8 Å². The molecule has 3 rings (SSSR count). The van der Waals surface area contributed by atoms with Crippen LogP contribution in [0.2, 0.25) is 0 Å². The Hall–Kier alpha value is -3.00. The number of carbonyl (C=O) groups is 1. The summed E-state index contributed by atoms with van der Waals surface area (Å²) >= 11 is 1.26. The number of nitrogens with zero attached hydrogens (tertiary/aromatic N) is 4. The van der Waals surface area contributed by atoms with E-state index in [2.05, 4.69) is 16.3 Å². The van der Waals surface area contributed by atoms with Gasteiger partial charge in [-0.15, -0.1) is 10.2 Å². The number of amides is 1. The van der Waals surface area contributed by atoms with Gasteiger partial charge in [0, 0.05) is 11.7 Å². The van der Waals surface area contributed by atoms with E-state index >= 15 is 0 Å². The molecular formula is C22H27N5O2S. The van der Waals surface area contributed by atoms with Gasteiger partial charge in [-0.25, -0.2) is 4.68 Å². The highest BCUT2D eigenvalue weighted by molar-refractivity contribution is 7.99. The van der Waals surface area contributed by atoms with E-state index in [4.69, 9.17) is 10.6 Å². The van der Waals surface area contributed by atoms with Gasteiger partial charge in [0.1, 0.15) is 12.4 Å². The number of nitrogen functional groups attached to an aromatic ring is 1. The molecule has 3 aromatic rings. The first-order chi connectivity index (χ1) is 14.3. The predicted molar refractivity (Wildman–Crippen MR) is 120 cm³/mol. The number of aromatic nitrogens is 3. The van der Waals surface area contributed by atoms with Crippen molar-refractivity contribution < 1.29 is 9.53 Å². The third-order valence-corrected chi connectivity index (χ3v) is 5.37. The van der Waals surface area contributed by atoms with E-state index in [1.165, 1.54) is 16.4 Å². The molecule has 0 radical (unpaired) electrons. The Morgan fingerprint density at radius 3 is 2.43 bits per heavy atom. The van der Waals surface area contributed by atoms with Crippen LogP contribution in [0.4, 0.5) is 5.69 Å². The summed E-state index contributed by atoms with van der Waals surface area (Å²) in [7, 11) is 0. The van der Waals surface area contributed by atoms with Crippen LogP contribution in [0.5, 0.6) is 5.75 Å². The van der Waals surface area contributed by atoms with Crippen LogP contribution in [0.1, 0.15) is 30.8 Å². The number of hydrogen-bond donors (Lipinski definition) is 1. The van der Waals surface area contributed by atoms with Crippen molar-refractivity contribution in [1.29, 1.82) is 0 Å². The monoisotopic (exact) mass is 425 g/mol. The number of anilines is 1. The van der Waals surface area contributed by atoms with E-state index in [1.807, 2.05) is 70.2 Å². The summed E-state index contributed by atoms with van der Waals surface area (Å²) in [5.41, 5.74) is 3.12. The highest BCUT2D eigenvalue weighted by atomic mass is 32.2. The Kier molecular flexibility index (Phi) is 6.99. The van der Waals surface area contributed by atoms with Gasteiger partial charge in [-0.3, -0.25) is 4.79 Å². The zero-order valence-corrected chi connectivity index (χ0v) is 18.5. The summed E-state index contributed by atoms with van der Waals surface area (Å²) in [5.74, 6) is 7.57. The molecule has 0 spiro atoms. The number of thioether (sulfide) groups is 1. The minimum atomic E-state index is -0.0164. The highest BCUT2D eigenvalue weighted by Gasteiger charge is 2.20. The van der Waals surface area contributed by atoms with E-state index in [1.54, 1.807) is 4.90 Å². The maximum Gasteiger partial charge on any atom is 0.237 e. The second-order valence-electron chi connectivity index (χ2n) is 7.36. The summed E-state index contributed by atoms with van der Waals surface area (Å²) in [6, 6.07) is 15.7. The first-order valence-corrected chi connectivity index (χ1v) is 10.7. The molecular weight excluding hydrogens is 398 g/mol. The molecule has 0 aliphatic rings. The van der Waals surface area contributed by atoms with Crippen LogP contribution in [0.25, 0.3) is 0 Å². The van der Waals surface area contributed by atoms with Gasteiger partial charge in [0.25, 0.3) is 0 Å². The van der Waals surface area contributed by atoms with Gasteiger partial charge in [0.15, 0.2) is 5.82 Å². The first-order valence-electron chi connectivity index (χ1n) is 9.75. The molecule has 0 saturated carbocycles. The molecule has 0 saturated heterocycles. The van der Waals surface area contributed by atoms with Crippen molar-refractivity contribution >= 4 is 23.4 Å². The summed E-state index contributed by atoms with van der Waals surface area (Å²) in [6.07, 6.45) is 0. The number of benzene rings is 2. The summed E-state index contributed by atoms with van der Waals surface area (Å²) in [4.78, 5) is 14.6.